The Bertz CT molecular complexity index is 427. The van der Waals surface area contributed by atoms with E-state index in [1.165, 1.54) is 11.1 Å². The lowest BCUT2D eigenvalue weighted by atomic mass is 10.2. The number of rotatable bonds is 3. The minimum absolute atomic E-state index is 0.444. The summed E-state index contributed by atoms with van der Waals surface area (Å²) in [5, 5.41) is 2.56. The van der Waals surface area contributed by atoms with Gasteiger partial charge in [0.1, 0.15) is 5.15 Å². The van der Waals surface area contributed by atoms with Crippen molar-refractivity contribution in [3.63, 3.8) is 0 Å². The third-order valence-corrected chi connectivity index (χ3v) is 4.17. The van der Waals surface area contributed by atoms with E-state index in [1.54, 1.807) is 6.20 Å². The summed E-state index contributed by atoms with van der Waals surface area (Å²) in [6, 6.07) is 3.80. The predicted molar refractivity (Wildman–Crippen MR) is 68.4 cm³/mol. The Labute approximate surface area is 103 Å². The Balaban J connectivity index is 1.89. The maximum absolute atomic E-state index is 7.86. The zero-order valence-electron chi connectivity index (χ0n) is 9.11. The van der Waals surface area contributed by atoms with Crippen LogP contribution in [-0.4, -0.2) is 22.4 Å². The van der Waals surface area contributed by atoms with Gasteiger partial charge in [0.2, 0.25) is 0 Å². The van der Waals surface area contributed by atoms with Crippen molar-refractivity contribution in [1.29, 1.82) is 4.78 Å². The Kier molecular flexibility index (Phi) is 3.74. The quantitative estimate of drug-likeness (QED) is 0.844. The van der Waals surface area contributed by atoms with Gasteiger partial charge in [0.15, 0.2) is 0 Å². The highest BCUT2D eigenvalue weighted by atomic mass is 35.5. The fourth-order valence-corrected chi connectivity index (χ4v) is 2.98. The number of nitrogens with zero attached hydrogens (tertiary/aromatic N) is 2. The highest BCUT2D eigenvalue weighted by Crippen LogP contribution is 2.15. The molecule has 1 aromatic heterocycles. The second kappa shape index (κ2) is 5.08. The van der Waals surface area contributed by atoms with Crippen LogP contribution in [0.5, 0.6) is 0 Å². The fourth-order valence-electron chi connectivity index (χ4n) is 1.64. The van der Waals surface area contributed by atoms with Crippen LogP contribution >= 0.6 is 11.6 Å². The number of nitrogens with one attached hydrogen (secondary N) is 1. The van der Waals surface area contributed by atoms with Crippen LogP contribution in [0.1, 0.15) is 12.5 Å². The van der Waals surface area contributed by atoms with Crippen LogP contribution in [0.15, 0.2) is 29.3 Å². The van der Waals surface area contributed by atoms with Gasteiger partial charge in [-0.1, -0.05) is 17.7 Å². The van der Waals surface area contributed by atoms with E-state index in [-0.39, 0.29) is 0 Å². The molecule has 1 atom stereocenters. The second-order valence-electron chi connectivity index (χ2n) is 3.88. The number of pyridine rings is 1. The molecule has 1 N–H and O–H groups in total. The van der Waals surface area contributed by atoms with Gasteiger partial charge in [-0.3, -0.25) is 4.78 Å². The molecule has 16 heavy (non-hydrogen) atoms. The highest BCUT2D eigenvalue weighted by Gasteiger charge is 2.15. The van der Waals surface area contributed by atoms with Gasteiger partial charge in [0.25, 0.3) is 0 Å². The molecule has 3 nitrogen and oxygen atoms in total. The summed E-state index contributed by atoms with van der Waals surface area (Å²) in [4.78, 5) is 4.05. The molecule has 0 radical (unpaired) electrons. The first-order chi connectivity index (χ1) is 7.65. The first-order valence-corrected chi connectivity index (χ1v) is 6.74. The zero-order chi connectivity index (χ0) is 11.5. The fraction of sp³-hybridized carbons (Fsp3) is 0.364. The van der Waals surface area contributed by atoms with Crippen LogP contribution in [0.4, 0.5) is 0 Å². The maximum atomic E-state index is 7.86. The van der Waals surface area contributed by atoms with Gasteiger partial charge in [-0.2, -0.15) is 0 Å². The molecule has 2 rings (SSSR count). The van der Waals surface area contributed by atoms with E-state index in [0.29, 0.717) is 5.15 Å². The lowest BCUT2D eigenvalue weighted by molar-refractivity contribution is 0.515. The maximum Gasteiger partial charge on any atom is 0.129 e. The summed E-state index contributed by atoms with van der Waals surface area (Å²) in [6.45, 7) is 3.91. The van der Waals surface area contributed by atoms with E-state index in [9.17, 15) is 0 Å². The van der Waals surface area contributed by atoms with Crippen molar-refractivity contribution < 1.29 is 0 Å². The smallest absolute Gasteiger partial charge is 0.129 e. The number of hydrogen-bond acceptors (Lipinski definition) is 2. The summed E-state index contributed by atoms with van der Waals surface area (Å²) in [7, 11) is -0.444. The Morgan fingerprint density at radius 1 is 1.56 bits per heavy atom. The molecule has 0 spiro atoms. The molecular formula is C11H14ClN3S. The van der Waals surface area contributed by atoms with Gasteiger partial charge < -0.3 is 0 Å². The minimum atomic E-state index is -0.444. The monoisotopic (exact) mass is 255 g/mol. The van der Waals surface area contributed by atoms with E-state index in [1.807, 2.05) is 17.5 Å². The SMILES string of the molecule is CC1=CS(=N)N(CCc2ccc(Cl)nc2)C1. The van der Waals surface area contributed by atoms with E-state index >= 15 is 0 Å². The lowest BCUT2D eigenvalue weighted by Crippen LogP contribution is -2.23. The third kappa shape index (κ3) is 2.90. The normalized spacial score (nSPS) is 21.1. The van der Waals surface area contributed by atoms with Crippen LogP contribution in [-0.2, 0) is 17.3 Å². The van der Waals surface area contributed by atoms with E-state index in [0.717, 1.165) is 19.5 Å². The standard InChI is InChI=1S/C11H14ClN3S/c1-9-7-15(16(13)8-9)5-4-10-2-3-11(12)14-6-10/h2-3,6,8,13H,4-5,7H2,1H3. The van der Waals surface area contributed by atoms with Gasteiger partial charge in [-0.15, -0.1) is 0 Å². The molecule has 0 bridgehead atoms. The molecule has 1 unspecified atom stereocenters. The van der Waals surface area contributed by atoms with E-state index in [2.05, 4.69) is 16.2 Å². The van der Waals surface area contributed by atoms with Crippen molar-refractivity contribution in [1.82, 2.24) is 9.29 Å². The second-order valence-corrected chi connectivity index (χ2v) is 5.65. The van der Waals surface area contributed by atoms with Crippen LogP contribution in [0.2, 0.25) is 5.15 Å². The van der Waals surface area contributed by atoms with E-state index < -0.39 is 10.9 Å². The van der Waals surface area contributed by atoms with Crippen LogP contribution < -0.4 is 0 Å². The van der Waals surface area contributed by atoms with Gasteiger partial charge >= 0.3 is 0 Å². The van der Waals surface area contributed by atoms with Gasteiger partial charge in [0.05, 0.1) is 0 Å². The molecule has 1 aromatic rings. The molecule has 0 saturated heterocycles. The number of hydrogen-bond donors (Lipinski definition) is 1. The average Bonchev–Trinajstić information content (AvgIpc) is 2.57. The molecule has 1 aliphatic rings. The Morgan fingerprint density at radius 2 is 2.38 bits per heavy atom. The molecule has 0 aliphatic carbocycles. The first kappa shape index (κ1) is 11.8. The zero-order valence-corrected chi connectivity index (χ0v) is 10.7. The molecule has 5 heteroatoms. The Morgan fingerprint density at radius 3 is 2.94 bits per heavy atom. The molecular weight excluding hydrogens is 242 g/mol. The van der Waals surface area contributed by atoms with E-state index in [4.69, 9.17) is 16.4 Å². The molecule has 0 saturated carbocycles. The lowest BCUT2D eigenvalue weighted by Gasteiger charge is -2.15. The number of aromatic nitrogens is 1. The number of halogens is 1. The largest absolute Gasteiger partial charge is 0.261 e. The molecule has 1 aliphatic heterocycles. The molecule has 0 aromatic carbocycles. The van der Waals surface area contributed by atoms with Crippen molar-refractivity contribution in [2.45, 2.75) is 13.3 Å². The van der Waals surface area contributed by atoms with Crippen molar-refractivity contribution in [2.24, 2.45) is 0 Å². The summed E-state index contributed by atoms with van der Waals surface area (Å²) in [5.74, 6) is 0. The van der Waals surface area contributed by atoms with Gasteiger partial charge in [-0.05, 0) is 46.8 Å². The third-order valence-electron chi connectivity index (χ3n) is 2.46. The predicted octanol–water partition coefficient (Wildman–Crippen LogP) is 2.79. The summed E-state index contributed by atoms with van der Waals surface area (Å²) < 4.78 is 10.0. The van der Waals surface area contributed by atoms with Gasteiger partial charge in [-0.25, -0.2) is 9.29 Å². The highest BCUT2D eigenvalue weighted by molar-refractivity contribution is 7.87. The Hall–Kier alpha value is -0.710. The van der Waals surface area contributed by atoms with Crippen LogP contribution in [0.25, 0.3) is 0 Å². The minimum Gasteiger partial charge on any atom is -0.261 e. The van der Waals surface area contributed by atoms with Crippen molar-refractivity contribution in [2.75, 3.05) is 13.1 Å². The molecule has 0 amide bonds. The van der Waals surface area contributed by atoms with Crippen molar-refractivity contribution >= 4 is 22.5 Å². The van der Waals surface area contributed by atoms with Crippen molar-refractivity contribution in [3.05, 3.63) is 40.0 Å². The van der Waals surface area contributed by atoms with Gasteiger partial charge in [0, 0.05) is 19.3 Å². The van der Waals surface area contributed by atoms with Crippen LogP contribution in [0.3, 0.4) is 0 Å². The summed E-state index contributed by atoms with van der Waals surface area (Å²) in [6.07, 6.45) is 2.73. The van der Waals surface area contributed by atoms with Crippen LogP contribution in [0, 0.1) is 4.78 Å². The average molecular weight is 256 g/mol. The molecule has 0 fully saturated rings. The molecule has 86 valence electrons. The summed E-state index contributed by atoms with van der Waals surface area (Å²) >= 11 is 5.72. The first-order valence-electron chi connectivity index (χ1n) is 5.12. The summed E-state index contributed by atoms with van der Waals surface area (Å²) in [5.41, 5.74) is 2.47. The molecule has 2 heterocycles. The van der Waals surface area contributed by atoms with Crippen molar-refractivity contribution in [3.8, 4) is 0 Å². The topological polar surface area (TPSA) is 40.0 Å².